The lowest BCUT2D eigenvalue weighted by Gasteiger charge is -2.17. The van der Waals surface area contributed by atoms with Crippen molar-refractivity contribution in [3.8, 4) is 0 Å². The van der Waals surface area contributed by atoms with Crippen LogP contribution in [0, 0.1) is 11.6 Å². The highest BCUT2D eigenvalue weighted by Gasteiger charge is 2.31. The lowest BCUT2D eigenvalue weighted by atomic mass is 10.2. The first-order chi connectivity index (χ1) is 11.9. The number of hydrogen-bond acceptors (Lipinski definition) is 2. The number of carbonyl (C=O) groups excluding carboxylic acids is 2. The molecular weight excluding hydrogens is 352 g/mol. The number of rotatable bonds is 3. The molecule has 5 nitrogen and oxygen atoms in total. The second-order valence-corrected chi connectivity index (χ2v) is 6.05. The lowest BCUT2D eigenvalue weighted by Crippen LogP contribution is -2.39. The monoisotopic (exact) mass is 365 g/mol. The van der Waals surface area contributed by atoms with Crippen molar-refractivity contribution in [2.45, 2.75) is 12.5 Å². The van der Waals surface area contributed by atoms with E-state index in [1.165, 1.54) is 6.07 Å². The molecular formula is C17H14ClF2N3O2. The first-order valence-electron chi connectivity index (χ1n) is 7.51. The molecule has 1 atom stereocenters. The van der Waals surface area contributed by atoms with Gasteiger partial charge < -0.3 is 15.5 Å². The average molecular weight is 366 g/mol. The van der Waals surface area contributed by atoms with Crippen LogP contribution < -0.4 is 15.5 Å². The van der Waals surface area contributed by atoms with Gasteiger partial charge in [0.25, 0.3) is 0 Å². The number of benzene rings is 2. The van der Waals surface area contributed by atoms with E-state index < -0.39 is 23.7 Å². The van der Waals surface area contributed by atoms with Gasteiger partial charge in [0.05, 0.1) is 6.04 Å². The van der Waals surface area contributed by atoms with E-state index in [4.69, 9.17) is 11.6 Å². The van der Waals surface area contributed by atoms with Crippen LogP contribution >= 0.6 is 11.6 Å². The number of anilines is 2. The molecule has 8 heteroatoms. The Hall–Kier alpha value is -2.67. The Kier molecular flexibility index (Phi) is 4.85. The second-order valence-electron chi connectivity index (χ2n) is 5.61. The van der Waals surface area contributed by atoms with E-state index in [2.05, 4.69) is 10.6 Å². The van der Waals surface area contributed by atoms with Gasteiger partial charge in [0.2, 0.25) is 5.91 Å². The molecule has 1 aliphatic rings. The predicted molar refractivity (Wildman–Crippen MR) is 90.7 cm³/mol. The molecule has 0 spiro atoms. The normalized spacial score (nSPS) is 16.8. The second kappa shape index (κ2) is 7.06. The van der Waals surface area contributed by atoms with Gasteiger partial charge in [-0.2, -0.15) is 0 Å². The van der Waals surface area contributed by atoms with Gasteiger partial charge in [-0.05, 0) is 36.4 Å². The zero-order valence-corrected chi connectivity index (χ0v) is 13.7. The van der Waals surface area contributed by atoms with Gasteiger partial charge in [0.15, 0.2) is 11.6 Å². The maximum atomic E-state index is 13.1. The third-order valence-corrected chi connectivity index (χ3v) is 4.03. The quantitative estimate of drug-likeness (QED) is 0.873. The van der Waals surface area contributed by atoms with E-state index in [0.717, 1.165) is 12.1 Å². The van der Waals surface area contributed by atoms with Gasteiger partial charge in [-0.1, -0.05) is 11.6 Å². The summed E-state index contributed by atoms with van der Waals surface area (Å²) in [5, 5.41) is 5.62. The number of nitrogens with zero attached hydrogens (tertiary/aromatic N) is 1. The first-order valence-corrected chi connectivity index (χ1v) is 7.88. The highest BCUT2D eigenvalue weighted by Crippen LogP contribution is 2.23. The summed E-state index contributed by atoms with van der Waals surface area (Å²) in [6.07, 6.45) is 0.147. The SMILES string of the molecule is O=C(Nc1ccc(F)c(F)c1)N[C@H]1CC(=O)N(c2ccc(Cl)cc2)C1. The minimum Gasteiger partial charge on any atom is -0.333 e. The van der Waals surface area contributed by atoms with Crippen molar-refractivity contribution in [1.29, 1.82) is 0 Å². The van der Waals surface area contributed by atoms with Crippen LogP contribution in [0.4, 0.5) is 25.0 Å². The van der Waals surface area contributed by atoms with Gasteiger partial charge in [-0.15, -0.1) is 0 Å². The first kappa shape index (κ1) is 17.2. The number of amides is 3. The van der Waals surface area contributed by atoms with Crippen molar-refractivity contribution in [3.63, 3.8) is 0 Å². The molecule has 0 bridgehead atoms. The average Bonchev–Trinajstić information content (AvgIpc) is 2.92. The molecule has 25 heavy (non-hydrogen) atoms. The van der Waals surface area contributed by atoms with Crippen molar-refractivity contribution >= 4 is 34.9 Å². The summed E-state index contributed by atoms with van der Waals surface area (Å²) in [5.41, 5.74) is 0.815. The highest BCUT2D eigenvalue weighted by atomic mass is 35.5. The zero-order valence-electron chi connectivity index (χ0n) is 12.9. The molecule has 1 heterocycles. The third kappa shape index (κ3) is 4.06. The maximum absolute atomic E-state index is 13.1. The number of hydrogen-bond donors (Lipinski definition) is 2. The predicted octanol–water partition coefficient (Wildman–Crippen LogP) is 3.55. The van der Waals surface area contributed by atoms with Crippen LogP contribution in [0.3, 0.4) is 0 Å². The number of carbonyl (C=O) groups is 2. The van der Waals surface area contributed by atoms with Crippen molar-refractivity contribution in [2.75, 3.05) is 16.8 Å². The molecule has 2 N–H and O–H groups in total. The molecule has 2 aromatic rings. The van der Waals surface area contributed by atoms with Crippen molar-refractivity contribution in [1.82, 2.24) is 5.32 Å². The van der Waals surface area contributed by atoms with Crippen molar-refractivity contribution in [2.24, 2.45) is 0 Å². The highest BCUT2D eigenvalue weighted by molar-refractivity contribution is 6.30. The molecule has 0 radical (unpaired) electrons. The summed E-state index contributed by atoms with van der Waals surface area (Å²) in [6.45, 7) is 0.311. The fourth-order valence-electron chi connectivity index (χ4n) is 2.60. The van der Waals surface area contributed by atoms with Crippen LogP contribution in [0.1, 0.15) is 6.42 Å². The van der Waals surface area contributed by atoms with Crippen LogP contribution in [0.2, 0.25) is 5.02 Å². The summed E-state index contributed by atoms with van der Waals surface area (Å²) >= 11 is 5.83. The summed E-state index contributed by atoms with van der Waals surface area (Å²) in [5.74, 6) is -2.17. The molecule has 3 amide bonds. The topological polar surface area (TPSA) is 61.4 Å². The molecule has 1 saturated heterocycles. The van der Waals surface area contributed by atoms with Gasteiger partial charge >= 0.3 is 6.03 Å². The molecule has 0 aliphatic carbocycles. The Morgan fingerprint density at radius 2 is 1.84 bits per heavy atom. The Balaban J connectivity index is 1.60. The van der Waals surface area contributed by atoms with Gasteiger partial charge in [0.1, 0.15) is 0 Å². The Morgan fingerprint density at radius 3 is 2.52 bits per heavy atom. The summed E-state index contributed by atoms with van der Waals surface area (Å²) in [7, 11) is 0. The van der Waals surface area contributed by atoms with Crippen LogP contribution in [0.15, 0.2) is 42.5 Å². The molecule has 2 aromatic carbocycles. The number of urea groups is 1. The smallest absolute Gasteiger partial charge is 0.319 e. The van der Waals surface area contributed by atoms with Gasteiger partial charge in [0, 0.05) is 35.4 Å². The van der Waals surface area contributed by atoms with Gasteiger partial charge in [-0.25, -0.2) is 13.6 Å². The molecule has 1 aliphatic heterocycles. The largest absolute Gasteiger partial charge is 0.333 e. The molecule has 1 fully saturated rings. The number of nitrogens with one attached hydrogen (secondary N) is 2. The summed E-state index contributed by atoms with van der Waals surface area (Å²) in [4.78, 5) is 25.6. The van der Waals surface area contributed by atoms with E-state index in [1.807, 2.05) is 0 Å². The van der Waals surface area contributed by atoms with Crippen molar-refractivity contribution in [3.05, 3.63) is 59.1 Å². The summed E-state index contributed by atoms with van der Waals surface area (Å²) < 4.78 is 26.0. The van der Waals surface area contributed by atoms with E-state index in [0.29, 0.717) is 17.3 Å². The molecule has 0 aromatic heterocycles. The van der Waals surface area contributed by atoms with Crippen LogP contribution in [0.25, 0.3) is 0 Å². The Bertz CT molecular complexity index is 814. The third-order valence-electron chi connectivity index (χ3n) is 3.78. The van der Waals surface area contributed by atoms with Crippen LogP contribution in [-0.4, -0.2) is 24.5 Å². The fourth-order valence-corrected chi connectivity index (χ4v) is 2.73. The van der Waals surface area contributed by atoms with E-state index in [1.54, 1.807) is 29.2 Å². The molecule has 0 unspecified atom stereocenters. The number of halogens is 3. The van der Waals surface area contributed by atoms with Crippen LogP contribution in [-0.2, 0) is 4.79 Å². The zero-order chi connectivity index (χ0) is 18.0. The Morgan fingerprint density at radius 1 is 1.12 bits per heavy atom. The minimum absolute atomic E-state index is 0.121. The lowest BCUT2D eigenvalue weighted by molar-refractivity contribution is -0.117. The van der Waals surface area contributed by atoms with E-state index in [9.17, 15) is 18.4 Å². The van der Waals surface area contributed by atoms with Crippen molar-refractivity contribution < 1.29 is 18.4 Å². The van der Waals surface area contributed by atoms with Gasteiger partial charge in [-0.3, -0.25) is 4.79 Å². The van der Waals surface area contributed by atoms with E-state index in [-0.39, 0.29) is 18.0 Å². The fraction of sp³-hybridized carbons (Fsp3) is 0.176. The summed E-state index contributed by atoms with van der Waals surface area (Å²) in [6, 6.07) is 8.88. The molecule has 130 valence electrons. The molecule has 0 saturated carbocycles. The maximum Gasteiger partial charge on any atom is 0.319 e. The standard InChI is InChI=1S/C17H14ClF2N3O2/c18-10-1-4-13(5-2-10)23-9-12(8-16(23)24)22-17(25)21-11-3-6-14(19)15(20)7-11/h1-7,12H,8-9H2,(H2,21,22,25)/t12-/m0/s1. The Labute approximate surface area is 147 Å². The minimum atomic E-state index is -1.05. The molecule has 3 rings (SSSR count). The van der Waals surface area contributed by atoms with Crippen LogP contribution in [0.5, 0.6) is 0 Å². The van der Waals surface area contributed by atoms with E-state index >= 15 is 0 Å².